The number of carbonyl (C=O) groups excluding carboxylic acids is 1. The first kappa shape index (κ1) is 24.8. The number of ether oxygens (including phenoxy) is 1. The van der Waals surface area contributed by atoms with Crippen LogP contribution in [0.5, 0.6) is 5.75 Å². The summed E-state index contributed by atoms with van der Waals surface area (Å²) in [5.74, 6) is -2.09. The lowest BCUT2D eigenvalue weighted by molar-refractivity contribution is -0.140. The number of benzene rings is 3. The summed E-state index contributed by atoms with van der Waals surface area (Å²) < 4.78 is 33.6. The first-order valence-corrected chi connectivity index (χ1v) is 11.1. The Hall–Kier alpha value is -2.83. The second-order valence-corrected chi connectivity index (χ2v) is 8.31. The molecule has 0 aromatic heterocycles. The average molecular weight is 494 g/mol. The standard InChI is InChI=1S/C25H23Cl2F2NO3/c1-3-33-23(32)13-30-18-11-20(26)19(21(27)12-18)10-16-6-9-22(31)24(25(16)29)14(2)15-4-7-17(28)8-5-15/h4-9,11-12,14,30-31H,3,10,13H2,1-2H3. The molecular weight excluding hydrogens is 471 g/mol. The van der Waals surface area contributed by atoms with Crippen molar-refractivity contribution in [1.82, 2.24) is 0 Å². The number of rotatable bonds is 8. The van der Waals surface area contributed by atoms with E-state index >= 15 is 4.39 Å². The second-order valence-electron chi connectivity index (χ2n) is 7.50. The zero-order valence-corrected chi connectivity index (χ0v) is 19.6. The summed E-state index contributed by atoms with van der Waals surface area (Å²) >= 11 is 12.8. The third-order valence-electron chi connectivity index (χ3n) is 5.29. The van der Waals surface area contributed by atoms with Gasteiger partial charge in [-0.25, -0.2) is 8.78 Å². The van der Waals surface area contributed by atoms with Crippen molar-refractivity contribution in [3.05, 3.63) is 92.5 Å². The lowest BCUT2D eigenvalue weighted by Crippen LogP contribution is -2.16. The molecule has 3 rings (SSSR count). The molecule has 0 amide bonds. The number of halogens is 4. The largest absolute Gasteiger partial charge is 0.508 e. The Morgan fingerprint density at radius 2 is 1.73 bits per heavy atom. The third-order valence-corrected chi connectivity index (χ3v) is 5.96. The molecule has 0 radical (unpaired) electrons. The van der Waals surface area contributed by atoms with Gasteiger partial charge in [-0.1, -0.05) is 48.3 Å². The van der Waals surface area contributed by atoms with Crippen molar-refractivity contribution in [2.75, 3.05) is 18.5 Å². The van der Waals surface area contributed by atoms with Crippen LogP contribution in [-0.2, 0) is 16.0 Å². The smallest absolute Gasteiger partial charge is 0.325 e. The van der Waals surface area contributed by atoms with Gasteiger partial charge in [-0.15, -0.1) is 0 Å². The van der Waals surface area contributed by atoms with E-state index in [0.717, 1.165) is 0 Å². The Morgan fingerprint density at radius 1 is 1.09 bits per heavy atom. The highest BCUT2D eigenvalue weighted by atomic mass is 35.5. The Morgan fingerprint density at radius 3 is 2.33 bits per heavy atom. The number of nitrogens with one attached hydrogen (secondary N) is 1. The minimum absolute atomic E-state index is 0.0446. The normalized spacial score (nSPS) is 11.8. The van der Waals surface area contributed by atoms with E-state index in [2.05, 4.69) is 5.32 Å². The lowest BCUT2D eigenvalue weighted by Gasteiger charge is -2.18. The van der Waals surface area contributed by atoms with Gasteiger partial charge in [0.2, 0.25) is 0 Å². The Kier molecular flexibility index (Phi) is 8.16. The Balaban J connectivity index is 1.87. The maximum Gasteiger partial charge on any atom is 0.325 e. The van der Waals surface area contributed by atoms with E-state index in [0.29, 0.717) is 32.4 Å². The molecule has 1 unspecified atom stereocenters. The molecule has 0 aliphatic rings. The fourth-order valence-electron chi connectivity index (χ4n) is 3.55. The molecule has 0 fully saturated rings. The van der Waals surface area contributed by atoms with Gasteiger partial charge in [-0.05, 0) is 53.9 Å². The zero-order valence-electron chi connectivity index (χ0n) is 18.1. The van der Waals surface area contributed by atoms with Gasteiger partial charge < -0.3 is 15.2 Å². The molecule has 4 nitrogen and oxygen atoms in total. The van der Waals surface area contributed by atoms with Gasteiger partial charge in [0.15, 0.2) is 0 Å². The summed E-state index contributed by atoms with van der Waals surface area (Å²) in [5, 5.41) is 13.8. The highest BCUT2D eigenvalue weighted by Gasteiger charge is 2.22. The summed E-state index contributed by atoms with van der Waals surface area (Å²) in [5.41, 5.74) is 2.10. The van der Waals surface area contributed by atoms with E-state index in [4.69, 9.17) is 27.9 Å². The number of phenols is 1. The zero-order chi connectivity index (χ0) is 24.1. The van der Waals surface area contributed by atoms with Gasteiger partial charge in [0.1, 0.15) is 23.9 Å². The monoisotopic (exact) mass is 493 g/mol. The number of anilines is 1. The third kappa shape index (κ3) is 5.95. The van der Waals surface area contributed by atoms with Crippen LogP contribution in [0.15, 0.2) is 48.5 Å². The maximum atomic E-state index is 15.5. The van der Waals surface area contributed by atoms with Crippen molar-refractivity contribution < 1.29 is 23.4 Å². The van der Waals surface area contributed by atoms with Crippen LogP contribution in [0.25, 0.3) is 0 Å². The highest BCUT2D eigenvalue weighted by Crippen LogP contribution is 2.37. The van der Waals surface area contributed by atoms with Crippen LogP contribution in [0.4, 0.5) is 14.5 Å². The lowest BCUT2D eigenvalue weighted by atomic mass is 9.89. The average Bonchev–Trinajstić information content (AvgIpc) is 2.77. The van der Waals surface area contributed by atoms with Gasteiger partial charge in [0.25, 0.3) is 0 Å². The number of phenolic OH excluding ortho intramolecular Hbond substituents is 1. The summed E-state index contributed by atoms with van der Waals surface area (Å²) in [6.07, 6.45) is 0.0884. The number of carbonyl (C=O) groups is 1. The van der Waals surface area contributed by atoms with E-state index in [9.17, 15) is 14.3 Å². The minimum atomic E-state index is -0.580. The van der Waals surface area contributed by atoms with Crippen molar-refractivity contribution in [3.63, 3.8) is 0 Å². The van der Waals surface area contributed by atoms with Crippen LogP contribution >= 0.6 is 23.2 Å². The van der Waals surface area contributed by atoms with Crippen LogP contribution in [0, 0.1) is 11.6 Å². The molecule has 0 aliphatic heterocycles. The van der Waals surface area contributed by atoms with Crippen molar-refractivity contribution in [1.29, 1.82) is 0 Å². The van der Waals surface area contributed by atoms with Crippen molar-refractivity contribution in [2.24, 2.45) is 0 Å². The van der Waals surface area contributed by atoms with Crippen molar-refractivity contribution in [3.8, 4) is 5.75 Å². The number of hydrogen-bond donors (Lipinski definition) is 2. The van der Waals surface area contributed by atoms with Crippen LogP contribution in [0.3, 0.4) is 0 Å². The second kappa shape index (κ2) is 10.9. The number of aromatic hydroxyl groups is 1. The molecule has 0 aliphatic carbocycles. The number of hydrogen-bond acceptors (Lipinski definition) is 4. The molecule has 8 heteroatoms. The molecule has 174 valence electrons. The molecule has 0 saturated heterocycles. The molecule has 0 bridgehead atoms. The van der Waals surface area contributed by atoms with Gasteiger partial charge >= 0.3 is 5.97 Å². The molecule has 2 N–H and O–H groups in total. The molecule has 3 aromatic rings. The summed E-state index contributed by atoms with van der Waals surface area (Å²) in [6.45, 7) is 3.69. The Labute approximate surface area is 201 Å². The van der Waals surface area contributed by atoms with Crippen molar-refractivity contribution in [2.45, 2.75) is 26.2 Å². The quantitative estimate of drug-likeness (QED) is 0.343. The first-order valence-electron chi connectivity index (χ1n) is 10.3. The molecule has 0 heterocycles. The van der Waals surface area contributed by atoms with Gasteiger partial charge in [0.05, 0.1) is 6.61 Å². The maximum absolute atomic E-state index is 15.5. The fraction of sp³-hybridized carbons (Fsp3) is 0.240. The molecule has 33 heavy (non-hydrogen) atoms. The van der Waals surface area contributed by atoms with E-state index < -0.39 is 23.5 Å². The predicted molar refractivity (Wildman–Crippen MR) is 126 cm³/mol. The Bertz CT molecular complexity index is 1130. The highest BCUT2D eigenvalue weighted by molar-refractivity contribution is 6.36. The van der Waals surface area contributed by atoms with E-state index in [-0.39, 0.29) is 30.9 Å². The van der Waals surface area contributed by atoms with E-state index in [1.165, 1.54) is 24.3 Å². The van der Waals surface area contributed by atoms with Crippen LogP contribution in [0.1, 0.15) is 42.0 Å². The summed E-state index contributed by atoms with van der Waals surface area (Å²) in [4.78, 5) is 11.5. The topological polar surface area (TPSA) is 58.6 Å². The van der Waals surface area contributed by atoms with E-state index in [1.54, 1.807) is 38.1 Å². The molecule has 0 spiro atoms. The predicted octanol–water partition coefficient (Wildman–Crippen LogP) is 6.69. The molecular formula is C25H23Cl2F2NO3. The van der Waals surface area contributed by atoms with Crippen LogP contribution < -0.4 is 5.32 Å². The summed E-state index contributed by atoms with van der Waals surface area (Å²) in [6, 6.07) is 11.8. The first-order chi connectivity index (χ1) is 15.7. The molecule has 0 saturated carbocycles. The SMILES string of the molecule is CCOC(=O)CNc1cc(Cl)c(Cc2ccc(O)c(C(C)c3ccc(F)cc3)c2F)c(Cl)c1. The van der Waals surface area contributed by atoms with Gasteiger partial charge in [-0.2, -0.15) is 0 Å². The van der Waals surface area contributed by atoms with E-state index in [1.807, 2.05) is 0 Å². The van der Waals surface area contributed by atoms with Crippen molar-refractivity contribution >= 4 is 34.9 Å². The fourth-order valence-corrected chi connectivity index (χ4v) is 4.17. The van der Waals surface area contributed by atoms with Gasteiger partial charge in [-0.3, -0.25) is 4.79 Å². The minimum Gasteiger partial charge on any atom is -0.508 e. The number of esters is 1. The van der Waals surface area contributed by atoms with Crippen LogP contribution in [-0.4, -0.2) is 24.2 Å². The van der Waals surface area contributed by atoms with Gasteiger partial charge in [0, 0.05) is 33.6 Å². The summed E-state index contributed by atoms with van der Waals surface area (Å²) in [7, 11) is 0. The molecule has 1 atom stereocenters. The van der Waals surface area contributed by atoms with Crippen LogP contribution in [0.2, 0.25) is 10.0 Å². The molecule has 3 aromatic carbocycles.